The maximum absolute atomic E-state index is 13.6. The molecule has 2 aliphatic rings. The second kappa shape index (κ2) is 9.82. The number of nitrogens with two attached hydrogens (primary N) is 2. The third kappa shape index (κ3) is 5.17. The SMILES string of the molecule is Cc1cc(N[C@@H]2CCCN([C@H]3CN(c4ncnc(N)c4C)CC[C@@H]3C(N)=O)C2=O)cc(C(F)(F)F)c1. The molecule has 3 heterocycles. The van der Waals surface area contributed by atoms with Crippen LogP contribution in [0.4, 0.5) is 30.5 Å². The predicted molar refractivity (Wildman–Crippen MR) is 129 cm³/mol. The Kier molecular flexibility index (Phi) is 6.96. The number of aromatic nitrogens is 2. The van der Waals surface area contributed by atoms with Crippen LogP contribution in [0.5, 0.6) is 0 Å². The third-order valence-electron chi connectivity index (χ3n) is 6.96. The van der Waals surface area contributed by atoms with Crippen LogP contribution in [-0.4, -0.2) is 58.4 Å². The number of nitrogens with one attached hydrogen (secondary N) is 1. The van der Waals surface area contributed by atoms with E-state index in [1.54, 1.807) is 17.9 Å². The van der Waals surface area contributed by atoms with E-state index < -0.39 is 35.6 Å². The number of primary amides is 1. The first kappa shape index (κ1) is 25.5. The number of amides is 2. The van der Waals surface area contributed by atoms with E-state index in [9.17, 15) is 22.8 Å². The molecule has 2 fully saturated rings. The summed E-state index contributed by atoms with van der Waals surface area (Å²) < 4.78 is 39.9. The smallest absolute Gasteiger partial charge is 0.383 e. The van der Waals surface area contributed by atoms with Crippen molar-refractivity contribution in [2.75, 3.05) is 35.6 Å². The van der Waals surface area contributed by atoms with Crippen molar-refractivity contribution in [1.82, 2.24) is 14.9 Å². The van der Waals surface area contributed by atoms with Gasteiger partial charge in [0.2, 0.25) is 11.8 Å². The van der Waals surface area contributed by atoms with Crippen molar-refractivity contribution in [1.29, 1.82) is 0 Å². The molecule has 12 heteroatoms. The summed E-state index contributed by atoms with van der Waals surface area (Å²) in [5.74, 6) is -0.334. The van der Waals surface area contributed by atoms with Gasteiger partial charge >= 0.3 is 6.18 Å². The van der Waals surface area contributed by atoms with Gasteiger partial charge in [0.15, 0.2) is 0 Å². The number of likely N-dealkylation sites (tertiary alicyclic amines) is 1. The van der Waals surface area contributed by atoms with Gasteiger partial charge in [-0.15, -0.1) is 0 Å². The molecule has 9 nitrogen and oxygen atoms in total. The van der Waals surface area contributed by atoms with Crippen LogP contribution >= 0.6 is 0 Å². The number of carbonyl (C=O) groups is 2. The molecule has 2 amide bonds. The maximum Gasteiger partial charge on any atom is 0.416 e. The van der Waals surface area contributed by atoms with Crippen LogP contribution in [0.2, 0.25) is 0 Å². The van der Waals surface area contributed by atoms with Crippen LogP contribution < -0.4 is 21.7 Å². The van der Waals surface area contributed by atoms with Gasteiger partial charge in [-0.25, -0.2) is 9.97 Å². The number of hydrogen-bond acceptors (Lipinski definition) is 7. The number of rotatable bonds is 5. The Morgan fingerprint density at radius 1 is 1.14 bits per heavy atom. The minimum absolute atomic E-state index is 0.228. The largest absolute Gasteiger partial charge is 0.416 e. The molecule has 0 bridgehead atoms. The van der Waals surface area contributed by atoms with Gasteiger partial charge < -0.3 is 26.6 Å². The highest BCUT2D eigenvalue weighted by molar-refractivity contribution is 5.87. The lowest BCUT2D eigenvalue weighted by molar-refractivity contribution is -0.140. The Morgan fingerprint density at radius 3 is 2.58 bits per heavy atom. The molecule has 4 rings (SSSR count). The highest BCUT2D eigenvalue weighted by Gasteiger charge is 2.42. The molecule has 0 aliphatic carbocycles. The Balaban J connectivity index is 1.57. The van der Waals surface area contributed by atoms with Crippen molar-refractivity contribution >= 4 is 29.1 Å². The van der Waals surface area contributed by atoms with Gasteiger partial charge in [0.1, 0.15) is 24.0 Å². The van der Waals surface area contributed by atoms with E-state index in [0.29, 0.717) is 61.7 Å². The van der Waals surface area contributed by atoms with Crippen LogP contribution in [0.25, 0.3) is 0 Å². The topological polar surface area (TPSA) is 130 Å². The van der Waals surface area contributed by atoms with Crippen LogP contribution in [0.3, 0.4) is 0 Å². The number of nitrogens with zero attached hydrogens (tertiary/aromatic N) is 4. The minimum atomic E-state index is -4.49. The molecular formula is C24H30F3N7O2. The molecule has 2 aromatic rings. The van der Waals surface area contributed by atoms with Crippen molar-refractivity contribution in [3.05, 3.63) is 41.2 Å². The van der Waals surface area contributed by atoms with Gasteiger partial charge in [-0.3, -0.25) is 9.59 Å². The maximum atomic E-state index is 13.6. The zero-order chi connectivity index (χ0) is 26.2. The molecule has 1 aromatic carbocycles. The third-order valence-corrected chi connectivity index (χ3v) is 6.96. The molecule has 0 saturated carbocycles. The van der Waals surface area contributed by atoms with Crippen LogP contribution in [0.1, 0.15) is 36.0 Å². The molecule has 1 aromatic heterocycles. The molecule has 194 valence electrons. The van der Waals surface area contributed by atoms with Gasteiger partial charge in [-0.05, 0) is 56.9 Å². The Labute approximate surface area is 207 Å². The Morgan fingerprint density at radius 2 is 1.89 bits per heavy atom. The first-order valence-electron chi connectivity index (χ1n) is 11.8. The second-order valence-corrected chi connectivity index (χ2v) is 9.47. The first-order valence-corrected chi connectivity index (χ1v) is 11.8. The van der Waals surface area contributed by atoms with Crippen molar-refractivity contribution in [3.8, 4) is 0 Å². The molecule has 36 heavy (non-hydrogen) atoms. The van der Waals surface area contributed by atoms with Gasteiger partial charge in [-0.2, -0.15) is 13.2 Å². The number of carbonyl (C=O) groups excluding carboxylic acids is 2. The van der Waals surface area contributed by atoms with E-state index in [1.165, 1.54) is 6.33 Å². The summed E-state index contributed by atoms with van der Waals surface area (Å²) in [5.41, 5.74) is 12.3. The highest BCUT2D eigenvalue weighted by atomic mass is 19.4. The van der Waals surface area contributed by atoms with E-state index >= 15 is 0 Å². The number of piperidine rings is 2. The first-order chi connectivity index (χ1) is 17.0. The summed E-state index contributed by atoms with van der Waals surface area (Å²) in [6.07, 6.45) is -1.60. The number of benzene rings is 1. The monoisotopic (exact) mass is 505 g/mol. The van der Waals surface area contributed by atoms with Gasteiger partial charge in [0.05, 0.1) is 17.5 Å². The lowest BCUT2D eigenvalue weighted by Crippen LogP contribution is -2.61. The van der Waals surface area contributed by atoms with E-state index in [0.717, 1.165) is 12.1 Å². The molecular weight excluding hydrogens is 475 g/mol. The summed E-state index contributed by atoms with van der Waals surface area (Å²) in [5, 5.41) is 3.00. The number of nitrogen functional groups attached to an aromatic ring is 1. The van der Waals surface area contributed by atoms with Crippen LogP contribution in [0, 0.1) is 19.8 Å². The number of halogens is 3. The molecule has 2 saturated heterocycles. The van der Waals surface area contributed by atoms with Crippen LogP contribution in [0.15, 0.2) is 24.5 Å². The molecule has 0 radical (unpaired) electrons. The normalized spacial score (nSPS) is 23.0. The Bertz CT molecular complexity index is 1160. The van der Waals surface area contributed by atoms with Gasteiger partial charge in [0.25, 0.3) is 0 Å². The summed E-state index contributed by atoms with van der Waals surface area (Å²) in [4.78, 5) is 37.8. The average Bonchev–Trinajstić information content (AvgIpc) is 2.81. The molecule has 5 N–H and O–H groups in total. The zero-order valence-electron chi connectivity index (χ0n) is 20.2. The fourth-order valence-electron chi connectivity index (χ4n) is 5.14. The van der Waals surface area contributed by atoms with E-state index in [4.69, 9.17) is 11.5 Å². The lowest BCUT2D eigenvalue weighted by atomic mass is 9.87. The second-order valence-electron chi connectivity index (χ2n) is 9.47. The summed E-state index contributed by atoms with van der Waals surface area (Å²) in [6, 6.07) is 2.43. The summed E-state index contributed by atoms with van der Waals surface area (Å²) >= 11 is 0. The molecule has 0 unspecified atom stereocenters. The highest BCUT2D eigenvalue weighted by Crippen LogP contribution is 2.34. The number of aryl methyl sites for hydroxylation is 1. The number of alkyl halides is 3. The van der Waals surface area contributed by atoms with Gasteiger partial charge in [-0.1, -0.05) is 0 Å². The van der Waals surface area contributed by atoms with Crippen molar-refractivity contribution in [3.63, 3.8) is 0 Å². The minimum Gasteiger partial charge on any atom is -0.383 e. The number of hydrogen-bond donors (Lipinski definition) is 3. The lowest BCUT2D eigenvalue weighted by Gasteiger charge is -2.46. The summed E-state index contributed by atoms with van der Waals surface area (Å²) in [6.45, 7) is 4.64. The predicted octanol–water partition coefficient (Wildman–Crippen LogP) is 2.48. The standard InChI is InChI=1S/C24H30F3N7O2/c1-13-8-15(24(25,26)27)10-16(9-13)32-18-4-3-6-34(23(18)36)19-11-33(7-5-17(19)21(29)35)22-14(2)20(28)30-12-31-22/h8-10,12,17-19,32H,3-7,11H2,1-2H3,(H2,29,35)(H2,28,30,31)/t17-,18+,19-/m0/s1. The molecule has 0 spiro atoms. The van der Waals surface area contributed by atoms with Gasteiger partial charge in [0, 0.05) is 30.9 Å². The molecule has 3 atom stereocenters. The van der Waals surface area contributed by atoms with E-state index in [2.05, 4.69) is 15.3 Å². The number of anilines is 3. The zero-order valence-corrected chi connectivity index (χ0v) is 20.2. The fraction of sp³-hybridized carbons (Fsp3) is 0.500. The fourth-order valence-corrected chi connectivity index (χ4v) is 5.14. The average molecular weight is 506 g/mol. The Hall–Kier alpha value is -3.57. The molecule has 2 aliphatic heterocycles. The van der Waals surface area contributed by atoms with E-state index in [-0.39, 0.29) is 11.6 Å². The van der Waals surface area contributed by atoms with Crippen molar-refractivity contribution < 1.29 is 22.8 Å². The van der Waals surface area contributed by atoms with E-state index in [1.807, 2.05) is 11.8 Å². The summed E-state index contributed by atoms with van der Waals surface area (Å²) in [7, 11) is 0. The van der Waals surface area contributed by atoms with Crippen molar-refractivity contribution in [2.24, 2.45) is 11.7 Å². The quantitative estimate of drug-likeness (QED) is 0.569. The van der Waals surface area contributed by atoms with Crippen molar-refractivity contribution in [2.45, 2.75) is 51.4 Å². The van der Waals surface area contributed by atoms with Crippen LogP contribution in [-0.2, 0) is 15.8 Å².